The lowest BCUT2D eigenvalue weighted by Crippen LogP contribution is -2.44. The van der Waals surface area contributed by atoms with E-state index in [9.17, 15) is 8.42 Å². The van der Waals surface area contributed by atoms with Gasteiger partial charge in [-0.05, 0) is 37.4 Å². The van der Waals surface area contributed by atoms with Gasteiger partial charge in [0.15, 0.2) is 0 Å². The summed E-state index contributed by atoms with van der Waals surface area (Å²) in [7, 11) is -3.56. The van der Waals surface area contributed by atoms with E-state index in [0.29, 0.717) is 13.1 Å². The van der Waals surface area contributed by atoms with Gasteiger partial charge in [-0.1, -0.05) is 37.1 Å². The van der Waals surface area contributed by atoms with E-state index >= 15 is 0 Å². The third-order valence-electron chi connectivity index (χ3n) is 4.03. The number of nitrogens with two attached hydrogens (primary N) is 1. The van der Waals surface area contributed by atoms with Gasteiger partial charge in [0.1, 0.15) is 4.90 Å². The zero-order valence-corrected chi connectivity index (χ0v) is 13.2. The van der Waals surface area contributed by atoms with E-state index in [2.05, 4.69) is 0 Å². The second-order valence-corrected chi connectivity index (χ2v) is 7.40. The van der Waals surface area contributed by atoms with Crippen LogP contribution in [0.3, 0.4) is 0 Å². The molecule has 2 N–H and O–H groups in total. The summed E-state index contributed by atoms with van der Waals surface area (Å²) in [5.74, 6) is 0.243. The van der Waals surface area contributed by atoms with Gasteiger partial charge in [-0.3, -0.25) is 0 Å². The molecule has 20 heavy (non-hydrogen) atoms. The summed E-state index contributed by atoms with van der Waals surface area (Å²) in [5, 5.41) is 0.272. The molecule has 0 heterocycles. The maximum Gasteiger partial charge on any atom is 0.244 e. The van der Waals surface area contributed by atoms with Gasteiger partial charge >= 0.3 is 0 Å². The van der Waals surface area contributed by atoms with Crippen LogP contribution in [0.1, 0.15) is 26.2 Å². The molecule has 0 spiro atoms. The van der Waals surface area contributed by atoms with E-state index in [-0.39, 0.29) is 21.9 Å². The van der Waals surface area contributed by atoms with Gasteiger partial charge in [0, 0.05) is 12.6 Å². The number of rotatable bonds is 5. The van der Waals surface area contributed by atoms with Gasteiger partial charge in [-0.2, -0.15) is 4.31 Å². The van der Waals surface area contributed by atoms with Crippen molar-refractivity contribution in [2.75, 3.05) is 13.1 Å². The second-order valence-electron chi connectivity index (χ2n) is 5.13. The highest BCUT2D eigenvalue weighted by Gasteiger charge is 2.38. The van der Waals surface area contributed by atoms with Crippen LogP contribution in [0.15, 0.2) is 29.2 Å². The van der Waals surface area contributed by atoms with Crippen molar-refractivity contribution < 1.29 is 8.42 Å². The molecule has 0 amide bonds. The highest BCUT2D eigenvalue weighted by atomic mass is 35.5. The van der Waals surface area contributed by atoms with E-state index in [1.165, 1.54) is 0 Å². The van der Waals surface area contributed by atoms with Crippen molar-refractivity contribution in [1.82, 2.24) is 4.31 Å². The summed E-state index contributed by atoms with van der Waals surface area (Å²) in [4.78, 5) is 0.186. The van der Waals surface area contributed by atoms with E-state index < -0.39 is 10.0 Å². The van der Waals surface area contributed by atoms with Crippen LogP contribution in [0, 0.1) is 5.92 Å². The van der Waals surface area contributed by atoms with Crippen LogP contribution >= 0.6 is 11.6 Å². The molecule has 2 unspecified atom stereocenters. The summed E-state index contributed by atoms with van der Waals surface area (Å²) in [5.41, 5.74) is 5.78. The van der Waals surface area contributed by atoms with Gasteiger partial charge in [0.05, 0.1) is 5.02 Å². The lowest BCUT2D eigenvalue weighted by Gasteiger charge is -2.31. The zero-order valence-electron chi connectivity index (χ0n) is 11.6. The minimum absolute atomic E-state index is 0.00808. The van der Waals surface area contributed by atoms with Gasteiger partial charge in [-0.25, -0.2) is 8.42 Å². The van der Waals surface area contributed by atoms with Crippen LogP contribution in [0.5, 0.6) is 0 Å². The average Bonchev–Trinajstić information content (AvgIpc) is 2.87. The summed E-state index contributed by atoms with van der Waals surface area (Å²) in [6.45, 7) is 2.83. The molecule has 2 atom stereocenters. The van der Waals surface area contributed by atoms with Crippen molar-refractivity contribution >= 4 is 21.6 Å². The number of benzene rings is 1. The molecule has 6 heteroatoms. The quantitative estimate of drug-likeness (QED) is 0.907. The fourth-order valence-electron chi connectivity index (χ4n) is 3.03. The van der Waals surface area contributed by atoms with Crippen LogP contribution in [-0.4, -0.2) is 31.9 Å². The highest BCUT2D eigenvalue weighted by Crippen LogP contribution is 2.34. The highest BCUT2D eigenvalue weighted by molar-refractivity contribution is 7.89. The maximum absolute atomic E-state index is 12.8. The third-order valence-corrected chi connectivity index (χ3v) is 6.53. The van der Waals surface area contributed by atoms with Crippen molar-refractivity contribution in [3.05, 3.63) is 29.3 Å². The van der Waals surface area contributed by atoms with Crippen molar-refractivity contribution in [3.63, 3.8) is 0 Å². The van der Waals surface area contributed by atoms with Crippen LogP contribution in [0.2, 0.25) is 5.02 Å². The molecule has 0 aliphatic heterocycles. The Morgan fingerprint density at radius 1 is 1.35 bits per heavy atom. The lowest BCUT2D eigenvalue weighted by molar-refractivity contribution is 0.276. The smallest absolute Gasteiger partial charge is 0.244 e. The second kappa shape index (κ2) is 6.43. The van der Waals surface area contributed by atoms with Gasteiger partial charge in [-0.15, -0.1) is 0 Å². The normalized spacial score (nSPS) is 23.4. The molecule has 0 saturated heterocycles. The Morgan fingerprint density at radius 2 is 2.05 bits per heavy atom. The summed E-state index contributed by atoms with van der Waals surface area (Å²) < 4.78 is 27.2. The molecule has 1 saturated carbocycles. The summed E-state index contributed by atoms with van der Waals surface area (Å²) in [6, 6.07) is 6.59. The first-order valence-electron chi connectivity index (χ1n) is 6.98. The van der Waals surface area contributed by atoms with Crippen molar-refractivity contribution in [3.8, 4) is 0 Å². The SMILES string of the molecule is CCN(C1CCCC1CN)S(=O)(=O)c1ccccc1Cl. The topological polar surface area (TPSA) is 63.4 Å². The van der Waals surface area contributed by atoms with Crippen molar-refractivity contribution in [2.45, 2.75) is 37.1 Å². The van der Waals surface area contributed by atoms with E-state index in [4.69, 9.17) is 17.3 Å². The number of halogens is 1. The molecule has 0 aromatic heterocycles. The molecular formula is C14H21ClN2O2S. The molecule has 1 aromatic rings. The van der Waals surface area contributed by atoms with Gasteiger partial charge in [0.25, 0.3) is 0 Å². The standard InChI is InChI=1S/C14H21ClN2O2S/c1-2-17(13-8-5-6-11(13)10-16)20(18,19)14-9-4-3-7-12(14)15/h3-4,7,9,11,13H,2,5-6,8,10,16H2,1H3. The number of sulfonamides is 1. The number of hydrogen-bond donors (Lipinski definition) is 1. The Morgan fingerprint density at radius 3 is 2.65 bits per heavy atom. The molecule has 1 aliphatic carbocycles. The average molecular weight is 317 g/mol. The van der Waals surface area contributed by atoms with Crippen LogP contribution in [0.4, 0.5) is 0 Å². The molecule has 0 bridgehead atoms. The molecule has 112 valence electrons. The number of hydrogen-bond acceptors (Lipinski definition) is 3. The first-order chi connectivity index (χ1) is 9.52. The Labute approximate surface area is 126 Å². The summed E-state index contributed by atoms with van der Waals surface area (Å²) in [6.07, 6.45) is 2.90. The molecule has 0 radical (unpaired) electrons. The Kier molecular flexibility index (Phi) is 5.07. The Balaban J connectivity index is 2.38. The molecular weight excluding hydrogens is 296 g/mol. The monoisotopic (exact) mass is 316 g/mol. The largest absolute Gasteiger partial charge is 0.330 e. The predicted molar refractivity (Wildman–Crippen MR) is 81.2 cm³/mol. The summed E-state index contributed by atoms with van der Waals surface area (Å²) >= 11 is 6.06. The minimum Gasteiger partial charge on any atom is -0.330 e. The van der Waals surface area contributed by atoms with Gasteiger partial charge in [0.2, 0.25) is 10.0 Å². The van der Waals surface area contributed by atoms with Crippen LogP contribution in [0.25, 0.3) is 0 Å². The molecule has 1 aliphatic rings. The minimum atomic E-state index is -3.56. The van der Waals surface area contributed by atoms with E-state index in [1.807, 2.05) is 6.92 Å². The number of nitrogens with zero attached hydrogens (tertiary/aromatic N) is 1. The molecule has 1 aromatic carbocycles. The van der Waals surface area contributed by atoms with Crippen LogP contribution in [-0.2, 0) is 10.0 Å². The van der Waals surface area contributed by atoms with Crippen molar-refractivity contribution in [1.29, 1.82) is 0 Å². The fourth-order valence-corrected chi connectivity index (χ4v) is 5.25. The first-order valence-corrected chi connectivity index (χ1v) is 8.80. The molecule has 1 fully saturated rings. The van der Waals surface area contributed by atoms with Crippen molar-refractivity contribution in [2.24, 2.45) is 11.7 Å². The maximum atomic E-state index is 12.8. The van der Waals surface area contributed by atoms with Gasteiger partial charge < -0.3 is 5.73 Å². The molecule has 4 nitrogen and oxygen atoms in total. The lowest BCUT2D eigenvalue weighted by atomic mass is 10.0. The Bertz CT molecular complexity index is 562. The zero-order chi connectivity index (χ0) is 14.8. The molecule has 2 rings (SSSR count). The first kappa shape index (κ1) is 15.8. The predicted octanol–water partition coefficient (Wildman–Crippen LogP) is 2.48. The third kappa shape index (κ3) is 2.86. The van der Waals surface area contributed by atoms with E-state index in [0.717, 1.165) is 19.3 Å². The van der Waals surface area contributed by atoms with E-state index in [1.54, 1.807) is 28.6 Å². The van der Waals surface area contributed by atoms with Crippen LogP contribution < -0.4 is 5.73 Å². The Hall–Kier alpha value is -0.620. The fraction of sp³-hybridized carbons (Fsp3) is 0.571.